The standard InChI is InChI=1S/C17H14N2O3/c20-11-12-5-6-15-13(9-12)10-19(7-8-21-15)17-18-14-3-1-2-4-16(14)22-17/h1-6,9,11H,7-8,10H2. The Kier molecular flexibility index (Phi) is 3.04. The Hall–Kier alpha value is -2.82. The highest BCUT2D eigenvalue weighted by Gasteiger charge is 2.20. The zero-order chi connectivity index (χ0) is 14.9. The van der Waals surface area contributed by atoms with E-state index >= 15 is 0 Å². The smallest absolute Gasteiger partial charge is 0.298 e. The van der Waals surface area contributed by atoms with Crippen molar-refractivity contribution in [2.45, 2.75) is 6.54 Å². The van der Waals surface area contributed by atoms with E-state index in [2.05, 4.69) is 4.98 Å². The van der Waals surface area contributed by atoms with Crippen LogP contribution in [0.25, 0.3) is 11.1 Å². The van der Waals surface area contributed by atoms with Crippen LogP contribution in [0.4, 0.5) is 6.01 Å². The van der Waals surface area contributed by atoms with Crippen LogP contribution in [-0.4, -0.2) is 24.4 Å². The van der Waals surface area contributed by atoms with Crippen molar-refractivity contribution >= 4 is 23.4 Å². The molecular weight excluding hydrogens is 280 g/mol. The molecule has 22 heavy (non-hydrogen) atoms. The zero-order valence-electron chi connectivity index (χ0n) is 11.9. The number of hydrogen-bond acceptors (Lipinski definition) is 5. The maximum Gasteiger partial charge on any atom is 0.298 e. The van der Waals surface area contributed by atoms with Crippen LogP contribution in [-0.2, 0) is 6.54 Å². The molecule has 3 aromatic rings. The third-order valence-electron chi connectivity index (χ3n) is 3.75. The van der Waals surface area contributed by atoms with Crippen LogP contribution < -0.4 is 9.64 Å². The van der Waals surface area contributed by atoms with Gasteiger partial charge in [-0.3, -0.25) is 4.79 Å². The van der Waals surface area contributed by atoms with E-state index in [4.69, 9.17) is 9.15 Å². The van der Waals surface area contributed by atoms with Gasteiger partial charge in [0.25, 0.3) is 6.01 Å². The highest BCUT2D eigenvalue weighted by molar-refractivity contribution is 5.76. The summed E-state index contributed by atoms with van der Waals surface area (Å²) in [5.74, 6) is 0.809. The summed E-state index contributed by atoms with van der Waals surface area (Å²) < 4.78 is 11.6. The molecule has 0 saturated heterocycles. The average Bonchev–Trinajstić information content (AvgIpc) is 2.87. The minimum atomic E-state index is 0.548. The normalized spacial score (nSPS) is 14.3. The van der Waals surface area contributed by atoms with Crippen LogP contribution in [0.2, 0.25) is 0 Å². The summed E-state index contributed by atoms with van der Waals surface area (Å²) in [6, 6.07) is 13.7. The molecule has 110 valence electrons. The van der Waals surface area contributed by atoms with Crippen molar-refractivity contribution in [2.75, 3.05) is 18.1 Å². The minimum absolute atomic E-state index is 0.548. The SMILES string of the molecule is O=Cc1ccc2c(c1)CN(c1nc3ccccc3o1)CCO2. The fourth-order valence-electron chi connectivity index (χ4n) is 2.65. The lowest BCUT2D eigenvalue weighted by atomic mass is 10.1. The van der Waals surface area contributed by atoms with Crippen molar-refractivity contribution in [3.05, 3.63) is 53.6 Å². The molecule has 0 N–H and O–H groups in total. The fourth-order valence-corrected chi connectivity index (χ4v) is 2.65. The van der Waals surface area contributed by atoms with Gasteiger partial charge in [-0.2, -0.15) is 4.98 Å². The topological polar surface area (TPSA) is 55.6 Å². The first-order chi connectivity index (χ1) is 10.8. The number of carbonyl (C=O) groups is 1. The van der Waals surface area contributed by atoms with Crippen LogP contribution >= 0.6 is 0 Å². The Balaban J connectivity index is 1.71. The summed E-state index contributed by atoms with van der Waals surface area (Å²) in [6.45, 7) is 1.83. The molecule has 1 aliphatic heterocycles. The average molecular weight is 294 g/mol. The first kappa shape index (κ1) is 12.9. The summed E-state index contributed by atoms with van der Waals surface area (Å²) in [6.07, 6.45) is 0.842. The molecule has 0 bridgehead atoms. The van der Waals surface area contributed by atoms with Crippen LogP contribution in [0.15, 0.2) is 46.9 Å². The number of para-hydroxylation sites is 2. The van der Waals surface area contributed by atoms with Gasteiger partial charge in [0.2, 0.25) is 0 Å². The molecule has 1 aromatic heterocycles. The Morgan fingerprint density at radius 2 is 2.09 bits per heavy atom. The van der Waals surface area contributed by atoms with Crippen molar-refractivity contribution in [3.8, 4) is 5.75 Å². The van der Waals surface area contributed by atoms with Gasteiger partial charge in [0.1, 0.15) is 24.2 Å². The van der Waals surface area contributed by atoms with E-state index in [1.54, 1.807) is 6.07 Å². The molecular formula is C17H14N2O3. The molecule has 5 nitrogen and oxygen atoms in total. The highest BCUT2D eigenvalue weighted by Crippen LogP contribution is 2.28. The molecule has 0 spiro atoms. The van der Waals surface area contributed by atoms with Crippen molar-refractivity contribution in [1.29, 1.82) is 0 Å². The number of ether oxygens (including phenoxy) is 1. The van der Waals surface area contributed by atoms with Crippen molar-refractivity contribution in [1.82, 2.24) is 4.98 Å². The summed E-state index contributed by atoms with van der Waals surface area (Å²) in [7, 11) is 0. The lowest BCUT2D eigenvalue weighted by Crippen LogP contribution is -2.25. The number of oxazole rings is 1. The van der Waals surface area contributed by atoms with Crippen LogP contribution in [0.5, 0.6) is 5.75 Å². The Morgan fingerprint density at radius 3 is 2.95 bits per heavy atom. The van der Waals surface area contributed by atoms with E-state index in [9.17, 15) is 4.79 Å². The largest absolute Gasteiger partial charge is 0.491 e. The van der Waals surface area contributed by atoms with Crippen molar-refractivity contribution in [2.24, 2.45) is 0 Å². The molecule has 5 heteroatoms. The molecule has 2 aromatic carbocycles. The van der Waals surface area contributed by atoms with E-state index in [1.807, 2.05) is 41.3 Å². The number of aromatic nitrogens is 1. The number of fused-ring (bicyclic) bond motifs is 2. The molecule has 0 aliphatic carbocycles. The third kappa shape index (κ3) is 2.20. The molecule has 0 fully saturated rings. The lowest BCUT2D eigenvalue weighted by Gasteiger charge is -2.16. The molecule has 4 rings (SSSR count). The van der Waals surface area contributed by atoms with Gasteiger partial charge in [-0.1, -0.05) is 12.1 Å². The van der Waals surface area contributed by atoms with Gasteiger partial charge >= 0.3 is 0 Å². The van der Waals surface area contributed by atoms with Gasteiger partial charge in [0.05, 0.1) is 13.1 Å². The summed E-state index contributed by atoms with van der Waals surface area (Å²) >= 11 is 0. The molecule has 0 amide bonds. The second-order valence-corrected chi connectivity index (χ2v) is 5.22. The zero-order valence-corrected chi connectivity index (χ0v) is 11.9. The Labute approximate surface area is 127 Å². The molecule has 0 radical (unpaired) electrons. The van der Waals surface area contributed by atoms with E-state index in [0.717, 1.165) is 28.7 Å². The van der Waals surface area contributed by atoms with Crippen molar-refractivity contribution < 1.29 is 13.9 Å². The molecule has 1 aliphatic rings. The van der Waals surface area contributed by atoms with Gasteiger partial charge in [-0.05, 0) is 30.3 Å². The fraction of sp³-hybridized carbons (Fsp3) is 0.176. The summed E-state index contributed by atoms with van der Waals surface area (Å²) in [5, 5.41) is 0. The van der Waals surface area contributed by atoms with Crippen LogP contribution in [0.3, 0.4) is 0 Å². The number of aldehydes is 1. The molecule has 0 saturated carbocycles. The number of benzene rings is 2. The number of anilines is 1. The monoisotopic (exact) mass is 294 g/mol. The predicted octanol–water partition coefficient (Wildman–Crippen LogP) is 3.04. The van der Waals surface area contributed by atoms with Crippen molar-refractivity contribution in [3.63, 3.8) is 0 Å². The van der Waals surface area contributed by atoms with Gasteiger partial charge in [0.15, 0.2) is 5.58 Å². The molecule has 0 atom stereocenters. The van der Waals surface area contributed by atoms with E-state index in [0.29, 0.717) is 31.3 Å². The molecule has 2 heterocycles. The predicted molar refractivity (Wildman–Crippen MR) is 82.4 cm³/mol. The second-order valence-electron chi connectivity index (χ2n) is 5.22. The van der Waals surface area contributed by atoms with Gasteiger partial charge in [-0.25, -0.2) is 0 Å². The maximum absolute atomic E-state index is 11.0. The van der Waals surface area contributed by atoms with Gasteiger partial charge in [0, 0.05) is 11.1 Å². The highest BCUT2D eigenvalue weighted by atomic mass is 16.5. The Bertz CT molecular complexity index is 808. The Morgan fingerprint density at radius 1 is 1.18 bits per heavy atom. The minimum Gasteiger partial charge on any atom is -0.491 e. The first-order valence-corrected chi connectivity index (χ1v) is 7.15. The quantitative estimate of drug-likeness (QED) is 0.680. The van der Waals surface area contributed by atoms with E-state index in [-0.39, 0.29) is 0 Å². The van der Waals surface area contributed by atoms with E-state index < -0.39 is 0 Å². The lowest BCUT2D eigenvalue weighted by molar-refractivity contribution is 0.112. The summed E-state index contributed by atoms with van der Waals surface area (Å²) in [5.41, 5.74) is 3.21. The summed E-state index contributed by atoms with van der Waals surface area (Å²) in [4.78, 5) is 17.5. The first-order valence-electron chi connectivity index (χ1n) is 7.15. The van der Waals surface area contributed by atoms with E-state index in [1.165, 1.54) is 0 Å². The molecule has 0 unspecified atom stereocenters. The van der Waals surface area contributed by atoms with Crippen LogP contribution in [0.1, 0.15) is 15.9 Å². The number of rotatable bonds is 2. The number of nitrogens with zero attached hydrogens (tertiary/aromatic N) is 2. The number of hydrogen-bond donors (Lipinski definition) is 0. The van der Waals surface area contributed by atoms with Gasteiger partial charge < -0.3 is 14.1 Å². The number of carbonyl (C=O) groups excluding carboxylic acids is 1. The van der Waals surface area contributed by atoms with Gasteiger partial charge in [-0.15, -0.1) is 0 Å². The maximum atomic E-state index is 11.0. The van der Waals surface area contributed by atoms with Crippen LogP contribution in [0, 0.1) is 0 Å². The second kappa shape index (κ2) is 5.18. The third-order valence-corrected chi connectivity index (χ3v) is 3.75.